The van der Waals surface area contributed by atoms with Crippen molar-refractivity contribution in [2.24, 2.45) is 0 Å². The molecule has 2 aromatic carbocycles. The summed E-state index contributed by atoms with van der Waals surface area (Å²) < 4.78 is 0. The summed E-state index contributed by atoms with van der Waals surface area (Å²) in [7, 11) is 0. The minimum atomic E-state index is -0.00951. The number of carbonyl (C=O) groups excluding carboxylic acids is 1. The Kier molecular flexibility index (Phi) is 3.78. The smallest absolute Gasteiger partial charge is 0.255 e. The first kappa shape index (κ1) is 13.9. The molecule has 0 heterocycles. The molecule has 21 heavy (non-hydrogen) atoms. The van der Waals surface area contributed by atoms with Crippen molar-refractivity contribution >= 4 is 11.6 Å². The van der Waals surface area contributed by atoms with E-state index in [1.807, 2.05) is 31.2 Å². The Balaban J connectivity index is 1.92. The fourth-order valence-corrected chi connectivity index (χ4v) is 3.18. The van der Waals surface area contributed by atoms with Crippen LogP contribution in [-0.2, 0) is 12.8 Å². The third-order valence-electron chi connectivity index (χ3n) is 4.41. The van der Waals surface area contributed by atoms with Crippen LogP contribution in [0.3, 0.4) is 0 Å². The van der Waals surface area contributed by atoms with Crippen LogP contribution in [0.5, 0.6) is 0 Å². The van der Waals surface area contributed by atoms with Gasteiger partial charge in [-0.15, -0.1) is 0 Å². The van der Waals surface area contributed by atoms with Crippen molar-refractivity contribution < 1.29 is 4.79 Å². The van der Waals surface area contributed by atoms with E-state index in [0.29, 0.717) is 0 Å². The molecule has 2 nitrogen and oxygen atoms in total. The van der Waals surface area contributed by atoms with Gasteiger partial charge in [0.15, 0.2) is 0 Å². The second kappa shape index (κ2) is 5.72. The highest BCUT2D eigenvalue weighted by Crippen LogP contribution is 2.30. The zero-order valence-corrected chi connectivity index (χ0v) is 12.7. The normalized spacial score (nSPS) is 13.6. The Labute approximate surface area is 126 Å². The lowest BCUT2D eigenvalue weighted by molar-refractivity contribution is 0.102. The highest BCUT2D eigenvalue weighted by atomic mass is 16.1. The third-order valence-corrected chi connectivity index (χ3v) is 4.41. The standard InChI is InChI=1S/C19H21NO/c1-13-7-3-4-9-16(13)19(21)20-18-12-11-14(2)15-8-5-6-10-17(15)18/h3-4,7,9,11-12H,5-6,8,10H2,1-2H3,(H,20,21). The van der Waals surface area contributed by atoms with Crippen LogP contribution in [0.4, 0.5) is 5.69 Å². The first-order chi connectivity index (χ1) is 10.2. The van der Waals surface area contributed by atoms with Crippen molar-refractivity contribution in [1.29, 1.82) is 0 Å². The lowest BCUT2D eigenvalue weighted by Crippen LogP contribution is -2.17. The topological polar surface area (TPSA) is 29.1 Å². The van der Waals surface area contributed by atoms with E-state index in [-0.39, 0.29) is 5.91 Å². The summed E-state index contributed by atoms with van der Waals surface area (Å²) in [6, 6.07) is 11.9. The van der Waals surface area contributed by atoms with Crippen LogP contribution >= 0.6 is 0 Å². The van der Waals surface area contributed by atoms with Gasteiger partial charge in [-0.1, -0.05) is 24.3 Å². The number of hydrogen-bond donors (Lipinski definition) is 1. The molecule has 0 saturated carbocycles. The van der Waals surface area contributed by atoms with Gasteiger partial charge in [0.25, 0.3) is 5.91 Å². The maximum absolute atomic E-state index is 12.5. The Hall–Kier alpha value is -2.09. The van der Waals surface area contributed by atoms with Crippen molar-refractivity contribution in [1.82, 2.24) is 0 Å². The van der Waals surface area contributed by atoms with Gasteiger partial charge in [0.05, 0.1) is 0 Å². The second-order valence-electron chi connectivity index (χ2n) is 5.86. The molecule has 0 fully saturated rings. The van der Waals surface area contributed by atoms with Crippen LogP contribution in [0.25, 0.3) is 0 Å². The van der Waals surface area contributed by atoms with Gasteiger partial charge in [-0.2, -0.15) is 0 Å². The number of nitrogens with one attached hydrogen (secondary N) is 1. The summed E-state index contributed by atoms with van der Waals surface area (Å²) in [5, 5.41) is 3.12. The van der Waals surface area contributed by atoms with E-state index in [1.165, 1.54) is 29.5 Å². The quantitative estimate of drug-likeness (QED) is 0.865. The average Bonchev–Trinajstić information content (AvgIpc) is 2.51. The molecule has 0 atom stereocenters. The van der Waals surface area contributed by atoms with Crippen molar-refractivity contribution in [3.8, 4) is 0 Å². The fraction of sp³-hybridized carbons (Fsp3) is 0.316. The predicted molar refractivity (Wildman–Crippen MR) is 87.0 cm³/mol. The lowest BCUT2D eigenvalue weighted by Gasteiger charge is -2.22. The Bertz CT molecular complexity index is 688. The number of aryl methyl sites for hydroxylation is 2. The van der Waals surface area contributed by atoms with Crippen molar-refractivity contribution in [2.75, 3.05) is 5.32 Å². The minimum Gasteiger partial charge on any atom is -0.322 e. The van der Waals surface area contributed by atoms with Crippen LogP contribution in [-0.4, -0.2) is 5.91 Å². The molecule has 0 bridgehead atoms. The molecule has 0 saturated heterocycles. The summed E-state index contributed by atoms with van der Waals surface area (Å²) >= 11 is 0. The molecule has 1 amide bonds. The van der Waals surface area contributed by atoms with E-state index >= 15 is 0 Å². The molecule has 1 N–H and O–H groups in total. The summed E-state index contributed by atoms with van der Waals surface area (Å²) in [5.74, 6) is -0.00951. The summed E-state index contributed by atoms with van der Waals surface area (Å²) in [6.45, 7) is 4.14. The Morgan fingerprint density at radius 3 is 2.38 bits per heavy atom. The first-order valence-electron chi connectivity index (χ1n) is 7.65. The molecule has 0 spiro atoms. The molecular formula is C19H21NO. The van der Waals surface area contributed by atoms with Gasteiger partial charge in [-0.3, -0.25) is 4.79 Å². The van der Waals surface area contributed by atoms with Gasteiger partial charge in [-0.25, -0.2) is 0 Å². The third kappa shape index (κ3) is 2.71. The minimum absolute atomic E-state index is 0.00951. The monoisotopic (exact) mass is 279 g/mol. The summed E-state index contributed by atoms with van der Waals surface area (Å²) in [5.41, 5.74) is 6.87. The van der Waals surface area contributed by atoms with E-state index in [2.05, 4.69) is 24.4 Å². The maximum atomic E-state index is 12.5. The molecule has 2 heteroatoms. The molecule has 3 rings (SSSR count). The van der Waals surface area contributed by atoms with Crippen LogP contribution in [0, 0.1) is 13.8 Å². The zero-order valence-electron chi connectivity index (χ0n) is 12.7. The molecule has 1 aliphatic rings. The van der Waals surface area contributed by atoms with Gasteiger partial charge in [0, 0.05) is 11.3 Å². The lowest BCUT2D eigenvalue weighted by atomic mass is 9.87. The molecule has 0 unspecified atom stereocenters. The molecule has 1 aliphatic carbocycles. The average molecular weight is 279 g/mol. The maximum Gasteiger partial charge on any atom is 0.255 e. The number of benzene rings is 2. The number of carbonyl (C=O) groups is 1. The van der Waals surface area contributed by atoms with Crippen molar-refractivity contribution in [3.05, 3.63) is 64.2 Å². The Morgan fingerprint density at radius 2 is 1.62 bits per heavy atom. The zero-order chi connectivity index (χ0) is 14.8. The second-order valence-corrected chi connectivity index (χ2v) is 5.86. The highest BCUT2D eigenvalue weighted by molar-refractivity contribution is 6.05. The highest BCUT2D eigenvalue weighted by Gasteiger charge is 2.17. The fourth-order valence-electron chi connectivity index (χ4n) is 3.18. The Morgan fingerprint density at radius 1 is 0.905 bits per heavy atom. The molecule has 0 aliphatic heterocycles. The van der Waals surface area contributed by atoms with Crippen LogP contribution in [0.15, 0.2) is 36.4 Å². The number of rotatable bonds is 2. The molecule has 0 radical (unpaired) electrons. The summed E-state index contributed by atoms with van der Waals surface area (Å²) in [4.78, 5) is 12.5. The number of fused-ring (bicyclic) bond motifs is 1. The molecular weight excluding hydrogens is 258 g/mol. The van der Waals surface area contributed by atoms with Gasteiger partial charge in [0.1, 0.15) is 0 Å². The first-order valence-corrected chi connectivity index (χ1v) is 7.65. The SMILES string of the molecule is Cc1ccccc1C(=O)Nc1ccc(C)c2c1CCCC2. The predicted octanol–water partition coefficient (Wildman–Crippen LogP) is 4.43. The van der Waals surface area contributed by atoms with E-state index in [1.54, 1.807) is 0 Å². The van der Waals surface area contributed by atoms with Gasteiger partial charge in [0.2, 0.25) is 0 Å². The van der Waals surface area contributed by atoms with Crippen molar-refractivity contribution in [3.63, 3.8) is 0 Å². The van der Waals surface area contributed by atoms with Crippen LogP contribution in [0.2, 0.25) is 0 Å². The van der Waals surface area contributed by atoms with E-state index in [9.17, 15) is 4.79 Å². The largest absolute Gasteiger partial charge is 0.322 e. The molecule has 2 aromatic rings. The van der Waals surface area contributed by atoms with Gasteiger partial charge >= 0.3 is 0 Å². The number of hydrogen-bond acceptors (Lipinski definition) is 1. The van der Waals surface area contributed by atoms with Crippen LogP contribution in [0.1, 0.15) is 45.5 Å². The van der Waals surface area contributed by atoms with Gasteiger partial charge < -0.3 is 5.32 Å². The molecule has 0 aromatic heterocycles. The number of anilines is 1. The van der Waals surface area contributed by atoms with Gasteiger partial charge in [-0.05, 0) is 73.9 Å². The molecule has 108 valence electrons. The van der Waals surface area contributed by atoms with Crippen LogP contribution < -0.4 is 5.32 Å². The van der Waals surface area contributed by atoms with Crippen molar-refractivity contribution in [2.45, 2.75) is 39.5 Å². The summed E-state index contributed by atoms with van der Waals surface area (Å²) in [6.07, 6.45) is 4.67. The number of amides is 1. The van der Waals surface area contributed by atoms with E-state index < -0.39 is 0 Å². The van der Waals surface area contributed by atoms with E-state index in [4.69, 9.17) is 0 Å². The van der Waals surface area contributed by atoms with E-state index in [0.717, 1.165) is 29.7 Å².